The third-order valence-corrected chi connectivity index (χ3v) is 6.86. The van der Waals surface area contributed by atoms with Crippen LogP contribution in [-0.4, -0.2) is 91.9 Å². The molecule has 0 radical (unpaired) electrons. The molecule has 1 aromatic carbocycles. The van der Waals surface area contributed by atoms with Crippen LogP contribution in [0.1, 0.15) is 45.4 Å². The van der Waals surface area contributed by atoms with Gasteiger partial charge in [-0.3, -0.25) is 4.90 Å². The van der Waals surface area contributed by atoms with E-state index in [1.807, 2.05) is 0 Å². The number of hydrogen-bond donors (Lipinski definition) is 1. The molecule has 35 heavy (non-hydrogen) atoms. The second kappa shape index (κ2) is 13.8. The van der Waals surface area contributed by atoms with E-state index in [0.717, 1.165) is 100 Å². The summed E-state index contributed by atoms with van der Waals surface area (Å²) in [5, 5.41) is 3.53. The first-order valence-corrected chi connectivity index (χ1v) is 13.4. The highest BCUT2D eigenvalue weighted by molar-refractivity contribution is 5.64. The van der Waals surface area contributed by atoms with Crippen molar-refractivity contribution in [3.63, 3.8) is 0 Å². The first kappa shape index (κ1) is 27.4. The molecule has 0 atom stereocenters. The lowest BCUT2D eigenvalue weighted by atomic mass is 10.1. The summed E-state index contributed by atoms with van der Waals surface area (Å²) in [6, 6.07) is 9.11. The van der Waals surface area contributed by atoms with Gasteiger partial charge in [0.25, 0.3) is 0 Å². The molecule has 0 saturated carbocycles. The lowest BCUT2D eigenvalue weighted by molar-refractivity contribution is 0.0503. The third kappa shape index (κ3) is 7.89. The van der Waals surface area contributed by atoms with Gasteiger partial charge in [0.15, 0.2) is 5.82 Å². The molecule has 1 N–H and O–H groups in total. The van der Waals surface area contributed by atoms with Crippen LogP contribution in [-0.2, 0) is 11.2 Å². The number of morpholine rings is 1. The molecule has 0 amide bonds. The van der Waals surface area contributed by atoms with Crippen LogP contribution < -0.4 is 10.2 Å². The number of aryl methyl sites for hydroxylation is 1. The Hall–Kier alpha value is -2.22. The van der Waals surface area contributed by atoms with Gasteiger partial charge in [-0.2, -0.15) is 0 Å². The Bertz CT molecular complexity index is 895. The molecule has 3 heterocycles. The fourth-order valence-electron chi connectivity index (χ4n) is 4.62. The van der Waals surface area contributed by atoms with Crippen molar-refractivity contribution in [2.45, 2.75) is 53.5 Å². The summed E-state index contributed by atoms with van der Waals surface area (Å²) in [5.74, 6) is 1.97. The molecule has 7 nitrogen and oxygen atoms in total. The lowest BCUT2D eigenvalue weighted by Crippen LogP contribution is -2.34. The van der Waals surface area contributed by atoms with Gasteiger partial charge in [-0.15, -0.1) is 0 Å². The minimum absolute atomic E-state index is 0.585. The molecular formula is C28H46N6O. The highest BCUT2D eigenvalue weighted by Crippen LogP contribution is 2.30. The largest absolute Gasteiger partial charge is 0.384 e. The Kier molecular flexibility index (Phi) is 10.8. The van der Waals surface area contributed by atoms with Crippen molar-refractivity contribution in [3.8, 4) is 11.4 Å². The van der Waals surface area contributed by atoms with Crippen LogP contribution in [0.3, 0.4) is 0 Å². The van der Waals surface area contributed by atoms with Crippen LogP contribution in [0.5, 0.6) is 0 Å². The molecule has 4 rings (SSSR count). The fourth-order valence-corrected chi connectivity index (χ4v) is 4.62. The number of aromatic nitrogens is 2. The average molecular weight is 483 g/mol. The number of nitrogens with zero attached hydrogens (tertiary/aromatic N) is 5. The third-order valence-electron chi connectivity index (χ3n) is 6.86. The minimum Gasteiger partial charge on any atom is -0.384 e. The van der Waals surface area contributed by atoms with Crippen molar-refractivity contribution >= 4 is 11.5 Å². The second-order valence-corrected chi connectivity index (χ2v) is 9.81. The number of benzene rings is 1. The maximum atomic E-state index is 5.10. The maximum Gasteiger partial charge on any atom is 0.161 e. The van der Waals surface area contributed by atoms with Gasteiger partial charge >= 0.3 is 0 Å². The van der Waals surface area contributed by atoms with Crippen molar-refractivity contribution in [2.75, 3.05) is 76.3 Å². The number of rotatable bonds is 9. The highest BCUT2D eigenvalue weighted by atomic mass is 16.5. The van der Waals surface area contributed by atoms with Gasteiger partial charge in [0.1, 0.15) is 5.82 Å². The van der Waals surface area contributed by atoms with Gasteiger partial charge in [-0.05, 0) is 71.5 Å². The number of ether oxygens (including phenoxy) is 1. The van der Waals surface area contributed by atoms with Crippen molar-refractivity contribution in [1.82, 2.24) is 19.8 Å². The Labute approximate surface area is 212 Å². The summed E-state index contributed by atoms with van der Waals surface area (Å²) in [4.78, 5) is 16.8. The first-order chi connectivity index (χ1) is 16.9. The van der Waals surface area contributed by atoms with Crippen LogP contribution in [0.25, 0.3) is 11.4 Å². The van der Waals surface area contributed by atoms with Gasteiger partial charge in [-0.1, -0.05) is 13.8 Å². The van der Waals surface area contributed by atoms with Gasteiger partial charge in [0.05, 0.1) is 13.2 Å². The summed E-state index contributed by atoms with van der Waals surface area (Å²) in [6.07, 6.45) is 2.21. The Balaban J connectivity index is 0.000000420. The molecule has 1 fully saturated rings. The molecule has 0 unspecified atom stereocenters. The molecule has 0 spiro atoms. The summed E-state index contributed by atoms with van der Waals surface area (Å²) < 4.78 is 5.10. The summed E-state index contributed by atoms with van der Waals surface area (Å²) in [7, 11) is 2.11. The summed E-state index contributed by atoms with van der Waals surface area (Å²) in [5.41, 5.74) is 4.67. The van der Waals surface area contributed by atoms with Crippen molar-refractivity contribution < 1.29 is 4.74 Å². The van der Waals surface area contributed by atoms with Crippen LogP contribution in [0.2, 0.25) is 0 Å². The van der Waals surface area contributed by atoms with Crippen molar-refractivity contribution in [2.24, 2.45) is 0 Å². The molecule has 2 aliphatic heterocycles. The lowest BCUT2D eigenvalue weighted by Gasteiger charge is -2.24. The van der Waals surface area contributed by atoms with E-state index in [2.05, 4.69) is 85.9 Å². The minimum atomic E-state index is 0.585. The zero-order valence-corrected chi connectivity index (χ0v) is 22.8. The normalized spacial score (nSPS) is 15.8. The standard InChI is InChI=1S/C23H35N5.C5H11NO/c1-6-14-28-15-12-21-18(5)25-22(26-23(21)28)19-8-10-20(11-9-19)24-13-16-27(7-2)17(3)4;1-6-2-4-7-5-3-6/h8-11,17,24H,6-7,12-16H2,1-5H3;2-5H2,1H3. The number of nitrogens with one attached hydrogen (secondary N) is 1. The molecule has 194 valence electrons. The molecule has 1 saturated heterocycles. The Morgan fingerprint density at radius 1 is 1.06 bits per heavy atom. The van der Waals surface area contributed by atoms with Crippen LogP contribution in [0.4, 0.5) is 11.5 Å². The molecule has 0 bridgehead atoms. The Morgan fingerprint density at radius 3 is 2.34 bits per heavy atom. The average Bonchev–Trinajstić information content (AvgIpc) is 3.26. The molecular weight excluding hydrogens is 436 g/mol. The second-order valence-electron chi connectivity index (χ2n) is 9.81. The molecule has 2 aliphatic rings. The zero-order valence-electron chi connectivity index (χ0n) is 22.8. The number of hydrogen-bond acceptors (Lipinski definition) is 7. The molecule has 0 aliphatic carbocycles. The smallest absolute Gasteiger partial charge is 0.161 e. The topological polar surface area (TPSA) is 56.8 Å². The molecule has 7 heteroatoms. The zero-order chi connectivity index (χ0) is 25.2. The first-order valence-electron chi connectivity index (χ1n) is 13.4. The van der Waals surface area contributed by atoms with E-state index in [1.165, 1.54) is 5.56 Å². The molecule has 1 aromatic heterocycles. The van der Waals surface area contributed by atoms with E-state index >= 15 is 0 Å². The van der Waals surface area contributed by atoms with E-state index in [4.69, 9.17) is 14.7 Å². The SMILES string of the molecule is CCCN1CCc2c(C)nc(-c3ccc(NCCN(CC)C(C)C)cc3)nc21.CN1CCOCC1. The van der Waals surface area contributed by atoms with Gasteiger partial charge < -0.3 is 19.9 Å². The number of fused-ring (bicyclic) bond motifs is 1. The highest BCUT2D eigenvalue weighted by Gasteiger charge is 2.23. The van der Waals surface area contributed by atoms with Crippen molar-refractivity contribution in [1.29, 1.82) is 0 Å². The molecule has 2 aromatic rings. The maximum absolute atomic E-state index is 5.10. The summed E-state index contributed by atoms with van der Waals surface area (Å²) in [6.45, 7) is 20.3. The van der Waals surface area contributed by atoms with Gasteiger partial charge in [0.2, 0.25) is 0 Å². The van der Waals surface area contributed by atoms with Crippen LogP contribution >= 0.6 is 0 Å². The van der Waals surface area contributed by atoms with Crippen molar-refractivity contribution in [3.05, 3.63) is 35.5 Å². The van der Waals surface area contributed by atoms with Gasteiger partial charge in [0, 0.05) is 67.8 Å². The number of anilines is 2. The Morgan fingerprint density at radius 2 is 1.77 bits per heavy atom. The number of likely N-dealkylation sites (N-methyl/N-ethyl adjacent to an activating group) is 2. The quantitative estimate of drug-likeness (QED) is 0.571. The monoisotopic (exact) mass is 482 g/mol. The predicted molar refractivity (Wildman–Crippen MR) is 148 cm³/mol. The van der Waals surface area contributed by atoms with E-state index in [0.29, 0.717) is 6.04 Å². The fraction of sp³-hybridized carbons (Fsp3) is 0.643. The summed E-state index contributed by atoms with van der Waals surface area (Å²) >= 11 is 0. The van der Waals surface area contributed by atoms with Crippen LogP contribution in [0, 0.1) is 6.92 Å². The van der Waals surface area contributed by atoms with E-state index in [9.17, 15) is 0 Å². The predicted octanol–water partition coefficient (Wildman–Crippen LogP) is 4.32. The van der Waals surface area contributed by atoms with E-state index in [-0.39, 0.29) is 0 Å². The van der Waals surface area contributed by atoms with Gasteiger partial charge in [-0.25, -0.2) is 9.97 Å². The van der Waals surface area contributed by atoms with E-state index < -0.39 is 0 Å². The van der Waals surface area contributed by atoms with Crippen LogP contribution in [0.15, 0.2) is 24.3 Å². The van der Waals surface area contributed by atoms with E-state index in [1.54, 1.807) is 0 Å².